The first-order valence-electron chi connectivity index (χ1n) is 9.69. The van der Waals surface area contributed by atoms with Crippen molar-refractivity contribution in [2.45, 2.75) is 18.9 Å². The van der Waals surface area contributed by atoms with Crippen LogP contribution in [0, 0.1) is 24.8 Å². The molecule has 154 valence electrons. The van der Waals surface area contributed by atoms with E-state index in [1.54, 1.807) is 42.5 Å². The Hall–Kier alpha value is -4.13. The van der Waals surface area contributed by atoms with Crippen molar-refractivity contribution in [3.05, 3.63) is 101 Å². The molecule has 0 unspecified atom stereocenters. The number of nitrogens with zero attached hydrogens (tertiary/aromatic N) is 2. The molecule has 0 aliphatic carbocycles. The van der Waals surface area contributed by atoms with E-state index in [1.165, 1.54) is 0 Å². The third kappa shape index (κ3) is 5.48. The van der Waals surface area contributed by atoms with Crippen molar-refractivity contribution in [2.24, 2.45) is 5.73 Å². The van der Waals surface area contributed by atoms with Gasteiger partial charge in [-0.1, -0.05) is 36.4 Å². The quantitative estimate of drug-likeness (QED) is 0.566. The van der Waals surface area contributed by atoms with E-state index in [-0.39, 0.29) is 18.9 Å². The molecule has 3 aromatic rings. The van der Waals surface area contributed by atoms with E-state index in [4.69, 9.17) is 22.3 Å². The van der Waals surface area contributed by atoms with Crippen molar-refractivity contribution < 1.29 is 9.53 Å². The molecule has 0 fully saturated rings. The maximum absolute atomic E-state index is 13.2. The fraction of sp³-hybridized carbons (Fsp3) is 0.160. The van der Waals surface area contributed by atoms with Crippen LogP contribution in [0.15, 0.2) is 72.8 Å². The highest BCUT2D eigenvalue weighted by atomic mass is 16.5. The van der Waals surface area contributed by atoms with Crippen molar-refractivity contribution in [2.75, 3.05) is 11.9 Å². The highest BCUT2D eigenvalue weighted by Crippen LogP contribution is 2.24. The summed E-state index contributed by atoms with van der Waals surface area (Å²) >= 11 is 0. The summed E-state index contributed by atoms with van der Waals surface area (Å²) in [5.74, 6) is 0.131. The van der Waals surface area contributed by atoms with E-state index in [0.29, 0.717) is 22.7 Å². The lowest BCUT2D eigenvalue weighted by Crippen LogP contribution is -2.57. The maximum atomic E-state index is 13.2. The largest absolute Gasteiger partial charge is 0.491 e. The van der Waals surface area contributed by atoms with Crippen molar-refractivity contribution in [1.82, 2.24) is 0 Å². The molecule has 6 heteroatoms. The van der Waals surface area contributed by atoms with Crippen LogP contribution in [0.1, 0.15) is 16.7 Å². The molecule has 0 spiro atoms. The van der Waals surface area contributed by atoms with Crippen LogP contribution in [0.2, 0.25) is 0 Å². The molecule has 3 aromatic carbocycles. The molecule has 3 N–H and O–H groups in total. The van der Waals surface area contributed by atoms with Gasteiger partial charge in [-0.05, 0) is 54.4 Å². The molecule has 3 rings (SSSR count). The fourth-order valence-corrected chi connectivity index (χ4v) is 3.11. The number of rotatable bonds is 7. The minimum atomic E-state index is -1.35. The van der Waals surface area contributed by atoms with E-state index in [9.17, 15) is 4.79 Å². The first-order chi connectivity index (χ1) is 14.9. The van der Waals surface area contributed by atoms with Crippen LogP contribution < -0.4 is 15.8 Å². The number of carbonyl (C=O) groups excluding carboxylic acids is 1. The lowest BCUT2D eigenvalue weighted by Gasteiger charge is -2.28. The van der Waals surface area contributed by atoms with Crippen molar-refractivity contribution in [3.8, 4) is 11.8 Å². The number of nitrogens with two attached hydrogens (primary N) is 1. The Bertz CT molecular complexity index is 1140. The Morgan fingerprint density at radius 1 is 1.16 bits per heavy atom. The van der Waals surface area contributed by atoms with Crippen LogP contribution in [0.5, 0.6) is 5.75 Å². The van der Waals surface area contributed by atoms with Crippen molar-refractivity contribution >= 4 is 17.3 Å². The monoisotopic (exact) mass is 410 g/mol. The van der Waals surface area contributed by atoms with Crippen LogP contribution in [0.4, 0.5) is 11.4 Å². The number of hydrogen-bond donors (Lipinski definition) is 2. The van der Waals surface area contributed by atoms with Crippen LogP contribution >= 0.6 is 0 Å². The smallest absolute Gasteiger partial charge is 0.248 e. The Labute approximate surface area is 181 Å². The average Bonchev–Trinajstić information content (AvgIpc) is 2.79. The topological polar surface area (TPSA) is 92.5 Å². The molecule has 0 aromatic heterocycles. The van der Waals surface area contributed by atoms with E-state index < -0.39 is 5.54 Å². The molecule has 0 radical (unpaired) electrons. The lowest BCUT2D eigenvalue weighted by atomic mass is 9.91. The lowest BCUT2D eigenvalue weighted by molar-refractivity contribution is -0.122. The summed E-state index contributed by atoms with van der Waals surface area (Å²) in [6.07, 6.45) is 0.273. The molecule has 1 atom stereocenters. The van der Waals surface area contributed by atoms with Crippen LogP contribution in [-0.2, 0) is 11.2 Å². The third-order valence-electron chi connectivity index (χ3n) is 4.87. The Kier molecular flexibility index (Phi) is 6.67. The Morgan fingerprint density at radius 2 is 1.87 bits per heavy atom. The van der Waals surface area contributed by atoms with Gasteiger partial charge in [0.05, 0.1) is 18.2 Å². The molecule has 0 bridgehead atoms. The summed E-state index contributed by atoms with van der Waals surface area (Å²) < 4.78 is 5.83. The van der Waals surface area contributed by atoms with Crippen LogP contribution in [0.25, 0.3) is 4.85 Å². The molecule has 0 saturated carbocycles. The fourth-order valence-electron chi connectivity index (χ4n) is 3.11. The number of anilines is 1. The number of carbonyl (C=O) groups is 1. The zero-order valence-electron chi connectivity index (χ0n) is 17.1. The van der Waals surface area contributed by atoms with Gasteiger partial charge in [-0.3, -0.25) is 4.79 Å². The number of ether oxygens (including phenoxy) is 1. The predicted octanol–water partition coefficient (Wildman–Crippen LogP) is 4.38. The van der Waals surface area contributed by atoms with Gasteiger partial charge in [0.15, 0.2) is 5.69 Å². The molecule has 0 heterocycles. The first-order valence-corrected chi connectivity index (χ1v) is 9.69. The van der Waals surface area contributed by atoms with Gasteiger partial charge in [0, 0.05) is 12.1 Å². The second kappa shape index (κ2) is 9.58. The molecule has 1 amide bonds. The second-order valence-corrected chi connectivity index (χ2v) is 7.31. The number of benzene rings is 3. The summed E-state index contributed by atoms with van der Waals surface area (Å²) in [7, 11) is 0. The third-order valence-corrected chi connectivity index (χ3v) is 4.87. The molecular formula is C25H22N4O2. The standard InChI is InChI=1S/C25H22N4O2/c1-18-14-21(10-13-23(18)28-2)29-24(30)25(27,15-19-6-4-3-5-7-19)17-31-22-11-8-20(16-26)9-12-22/h3-14H,15,17,27H2,1H3,(H,29,30)/t25-/m0/s1. The van der Waals surface area contributed by atoms with Crippen molar-refractivity contribution in [1.29, 1.82) is 5.26 Å². The molecular weight excluding hydrogens is 388 g/mol. The van der Waals surface area contributed by atoms with Gasteiger partial charge in [0.25, 0.3) is 0 Å². The highest BCUT2D eigenvalue weighted by molar-refractivity contribution is 5.98. The number of hydrogen-bond acceptors (Lipinski definition) is 4. The van der Waals surface area contributed by atoms with Gasteiger partial charge < -0.3 is 15.8 Å². The summed E-state index contributed by atoms with van der Waals surface area (Å²) in [6.45, 7) is 8.93. The SMILES string of the molecule is [C-]#[N+]c1ccc(NC(=O)[C@@](N)(COc2ccc(C#N)cc2)Cc2ccccc2)cc1C. The maximum Gasteiger partial charge on any atom is 0.248 e. The van der Waals surface area contributed by atoms with Gasteiger partial charge in [-0.15, -0.1) is 0 Å². The molecule has 6 nitrogen and oxygen atoms in total. The number of amides is 1. The molecule has 31 heavy (non-hydrogen) atoms. The van der Waals surface area contributed by atoms with Crippen LogP contribution in [-0.4, -0.2) is 18.1 Å². The highest BCUT2D eigenvalue weighted by Gasteiger charge is 2.35. The molecule has 0 aliphatic rings. The van der Waals surface area contributed by atoms with E-state index in [1.807, 2.05) is 37.3 Å². The van der Waals surface area contributed by atoms with Gasteiger partial charge in [-0.2, -0.15) is 5.26 Å². The molecule has 0 aliphatic heterocycles. The zero-order valence-corrected chi connectivity index (χ0v) is 17.1. The Morgan fingerprint density at radius 3 is 2.48 bits per heavy atom. The Balaban J connectivity index is 1.81. The van der Waals surface area contributed by atoms with Gasteiger partial charge in [0.2, 0.25) is 5.91 Å². The summed E-state index contributed by atoms with van der Waals surface area (Å²) in [4.78, 5) is 16.6. The van der Waals surface area contributed by atoms with Crippen LogP contribution in [0.3, 0.4) is 0 Å². The van der Waals surface area contributed by atoms with Gasteiger partial charge in [0.1, 0.15) is 17.9 Å². The van der Waals surface area contributed by atoms with E-state index >= 15 is 0 Å². The van der Waals surface area contributed by atoms with Gasteiger partial charge in [-0.25, -0.2) is 4.85 Å². The minimum Gasteiger partial charge on any atom is -0.491 e. The minimum absolute atomic E-state index is 0.0568. The first kappa shape index (κ1) is 21.6. The predicted molar refractivity (Wildman–Crippen MR) is 120 cm³/mol. The number of nitrogens with one attached hydrogen (secondary N) is 1. The van der Waals surface area contributed by atoms with Crippen molar-refractivity contribution in [3.63, 3.8) is 0 Å². The number of aryl methyl sites for hydroxylation is 1. The number of nitriles is 1. The average molecular weight is 410 g/mol. The second-order valence-electron chi connectivity index (χ2n) is 7.31. The molecule has 0 saturated heterocycles. The van der Waals surface area contributed by atoms with E-state index in [2.05, 4.69) is 16.2 Å². The normalized spacial score (nSPS) is 12.1. The summed E-state index contributed by atoms with van der Waals surface area (Å²) in [5.41, 5.74) is 8.53. The zero-order chi connectivity index (χ0) is 22.3. The summed E-state index contributed by atoms with van der Waals surface area (Å²) in [6, 6.07) is 23.3. The van der Waals surface area contributed by atoms with Gasteiger partial charge >= 0.3 is 0 Å². The van der Waals surface area contributed by atoms with E-state index in [0.717, 1.165) is 11.1 Å². The summed E-state index contributed by atoms with van der Waals surface area (Å²) in [5, 5.41) is 11.8.